The summed E-state index contributed by atoms with van der Waals surface area (Å²) in [5, 5.41) is 8.83. The summed E-state index contributed by atoms with van der Waals surface area (Å²) in [6.07, 6.45) is -5.00. The number of nitrogens with zero attached hydrogens (tertiary/aromatic N) is 3. The van der Waals surface area contributed by atoms with E-state index in [0.29, 0.717) is 6.07 Å². The summed E-state index contributed by atoms with van der Waals surface area (Å²) in [6, 6.07) is 7.50. The van der Waals surface area contributed by atoms with Gasteiger partial charge in [-0.2, -0.15) is 18.4 Å². The van der Waals surface area contributed by atoms with Crippen molar-refractivity contribution in [2.45, 2.75) is 13.1 Å². The van der Waals surface area contributed by atoms with Gasteiger partial charge >= 0.3 is 11.9 Å². The predicted molar refractivity (Wildman–Crippen MR) is 115 cm³/mol. The lowest BCUT2D eigenvalue weighted by atomic mass is 10.2. The van der Waals surface area contributed by atoms with Crippen molar-refractivity contribution < 1.29 is 31.8 Å². The number of rotatable bonds is 6. The van der Waals surface area contributed by atoms with E-state index in [2.05, 4.69) is 0 Å². The molecule has 0 amide bonds. The maximum Gasteiger partial charge on any atom is 0.431 e. The number of ketones is 1. The first kappa shape index (κ1) is 25.5. The highest BCUT2D eigenvalue weighted by Gasteiger charge is 2.35. The molecule has 0 spiro atoms. The molecule has 0 aliphatic heterocycles. The van der Waals surface area contributed by atoms with Gasteiger partial charge in [0.15, 0.2) is 17.3 Å². The number of Topliss-reactive ketones (excluding diaryl/α,β-unsaturated/α-hetero) is 1. The zero-order chi connectivity index (χ0) is 26.1. The van der Waals surface area contributed by atoms with Crippen molar-refractivity contribution in [1.29, 1.82) is 5.26 Å². The third kappa shape index (κ3) is 5.36. The number of carbonyl (C=O) groups is 1. The third-order valence-corrected chi connectivity index (χ3v) is 4.87. The lowest BCUT2D eigenvalue weighted by molar-refractivity contribution is -0.144. The Morgan fingerprint density at radius 2 is 1.80 bits per heavy atom. The van der Waals surface area contributed by atoms with Gasteiger partial charge in [0.25, 0.3) is 5.56 Å². The Morgan fingerprint density at radius 3 is 2.40 bits per heavy atom. The molecule has 182 valence electrons. The van der Waals surface area contributed by atoms with Crippen LogP contribution in [-0.4, -0.2) is 21.5 Å². The van der Waals surface area contributed by atoms with Crippen LogP contribution in [0.15, 0.2) is 46.0 Å². The molecule has 13 heteroatoms. The summed E-state index contributed by atoms with van der Waals surface area (Å²) in [4.78, 5) is 36.2. The van der Waals surface area contributed by atoms with Gasteiger partial charge in [0, 0.05) is 25.2 Å². The Balaban J connectivity index is 2.16. The third-order valence-electron chi connectivity index (χ3n) is 4.58. The molecule has 0 aliphatic rings. The largest absolute Gasteiger partial charge is 0.482 e. The molecular weight excluding hydrogens is 498 g/mol. The minimum atomic E-state index is -5.00. The lowest BCUT2D eigenvalue weighted by Gasteiger charge is -2.16. The minimum Gasteiger partial charge on any atom is -0.482 e. The second kappa shape index (κ2) is 9.63. The highest BCUT2D eigenvalue weighted by Crippen LogP contribution is 2.37. The fourth-order valence-corrected chi connectivity index (χ4v) is 3.15. The zero-order valence-electron chi connectivity index (χ0n) is 17.9. The first-order valence-electron chi connectivity index (χ1n) is 9.57. The van der Waals surface area contributed by atoms with Crippen LogP contribution in [-0.2, 0) is 18.0 Å². The van der Waals surface area contributed by atoms with E-state index < -0.39 is 34.6 Å². The lowest BCUT2D eigenvalue weighted by Crippen LogP contribution is -2.41. The standard InChI is InChI=1S/C22H14ClF4N3O5/c1-11(31)10-34-16-4-3-12(9-28)5-18(16)35-17-7-15(14(24)6-13(17)23)30-20(32)8-19(22(25,26)27)29(2)21(30)33/h3-8H,10H2,1-2H3. The average molecular weight is 512 g/mol. The zero-order valence-corrected chi connectivity index (χ0v) is 18.7. The van der Waals surface area contributed by atoms with Gasteiger partial charge < -0.3 is 9.47 Å². The highest BCUT2D eigenvalue weighted by atomic mass is 35.5. The fraction of sp³-hybridized carbons (Fsp3) is 0.182. The second-order valence-corrected chi connectivity index (χ2v) is 7.55. The van der Waals surface area contributed by atoms with Gasteiger partial charge in [0.05, 0.1) is 22.3 Å². The summed E-state index contributed by atoms with van der Waals surface area (Å²) in [5.74, 6) is -1.93. The monoisotopic (exact) mass is 511 g/mol. The molecule has 3 aromatic rings. The Bertz CT molecular complexity index is 1490. The SMILES string of the molecule is CC(=O)COc1ccc(C#N)cc1Oc1cc(-n2c(=O)cc(C(F)(F)F)n(C)c2=O)c(F)cc1Cl. The number of aromatic nitrogens is 2. The maximum atomic E-state index is 14.7. The van der Waals surface area contributed by atoms with E-state index in [-0.39, 0.29) is 55.4 Å². The van der Waals surface area contributed by atoms with Gasteiger partial charge in [0.1, 0.15) is 23.9 Å². The predicted octanol–water partition coefficient (Wildman–Crippen LogP) is 3.98. The van der Waals surface area contributed by atoms with Crippen molar-refractivity contribution in [3.05, 3.63) is 79.3 Å². The van der Waals surface area contributed by atoms with E-state index in [1.54, 1.807) is 0 Å². The highest BCUT2D eigenvalue weighted by molar-refractivity contribution is 6.32. The van der Waals surface area contributed by atoms with Crippen molar-refractivity contribution in [3.8, 4) is 29.0 Å². The number of benzene rings is 2. The molecule has 8 nitrogen and oxygen atoms in total. The van der Waals surface area contributed by atoms with Crippen molar-refractivity contribution in [1.82, 2.24) is 9.13 Å². The van der Waals surface area contributed by atoms with Gasteiger partial charge in [-0.15, -0.1) is 0 Å². The van der Waals surface area contributed by atoms with Crippen LogP contribution in [0.25, 0.3) is 5.69 Å². The molecule has 0 aliphatic carbocycles. The molecule has 1 heterocycles. The fourth-order valence-electron chi connectivity index (χ4n) is 2.96. The van der Waals surface area contributed by atoms with E-state index >= 15 is 0 Å². The Hall–Kier alpha value is -4.11. The molecule has 0 N–H and O–H groups in total. The molecule has 0 atom stereocenters. The van der Waals surface area contributed by atoms with E-state index in [1.165, 1.54) is 25.1 Å². The van der Waals surface area contributed by atoms with Crippen LogP contribution < -0.4 is 20.7 Å². The van der Waals surface area contributed by atoms with Crippen LogP contribution in [0.3, 0.4) is 0 Å². The van der Waals surface area contributed by atoms with Crippen molar-refractivity contribution >= 4 is 17.4 Å². The quantitative estimate of drug-likeness (QED) is 0.464. The number of hydrogen-bond donors (Lipinski definition) is 0. The van der Waals surface area contributed by atoms with Gasteiger partial charge in [0.2, 0.25) is 0 Å². The van der Waals surface area contributed by atoms with Crippen LogP contribution in [0.5, 0.6) is 17.2 Å². The van der Waals surface area contributed by atoms with Gasteiger partial charge in [-0.05, 0) is 25.1 Å². The van der Waals surface area contributed by atoms with Crippen LogP contribution >= 0.6 is 11.6 Å². The van der Waals surface area contributed by atoms with E-state index in [9.17, 15) is 31.9 Å². The molecule has 0 fully saturated rings. The summed E-state index contributed by atoms with van der Waals surface area (Å²) in [6.45, 7) is 0.942. The maximum absolute atomic E-state index is 14.7. The minimum absolute atomic E-state index is 0.0174. The summed E-state index contributed by atoms with van der Waals surface area (Å²) in [7, 11) is 0.776. The van der Waals surface area contributed by atoms with Crippen LogP contribution in [0, 0.1) is 17.1 Å². The normalized spacial score (nSPS) is 11.1. The van der Waals surface area contributed by atoms with Crippen molar-refractivity contribution in [2.24, 2.45) is 7.05 Å². The molecule has 0 bridgehead atoms. The molecular formula is C22H14ClF4N3O5. The van der Waals surface area contributed by atoms with Crippen LogP contribution in [0.2, 0.25) is 5.02 Å². The Kier molecular flexibility index (Phi) is 7.02. The Morgan fingerprint density at radius 1 is 1.11 bits per heavy atom. The molecule has 2 aromatic carbocycles. The van der Waals surface area contributed by atoms with Crippen LogP contribution in [0.1, 0.15) is 18.2 Å². The average Bonchev–Trinajstić information content (AvgIpc) is 2.77. The molecule has 0 saturated heterocycles. The number of nitriles is 1. The molecule has 0 radical (unpaired) electrons. The summed E-state index contributed by atoms with van der Waals surface area (Å²) < 4.78 is 65.4. The first-order chi connectivity index (χ1) is 16.3. The number of alkyl halides is 3. The number of halogens is 5. The summed E-state index contributed by atoms with van der Waals surface area (Å²) >= 11 is 6.04. The molecule has 35 heavy (non-hydrogen) atoms. The molecule has 3 rings (SSSR count). The molecule has 0 saturated carbocycles. The van der Waals surface area contributed by atoms with Gasteiger partial charge in [-0.1, -0.05) is 11.6 Å². The smallest absolute Gasteiger partial charge is 0.431 e. The van der Waals surface area contributed by atoms with E-state index in [1.807, 2.05) is 6.07 Å². The first-order valence-corrected chi connectivity index (χ1v) is 9.95. The van der Waals surface area contributed by atoms with E-state index in [4.69, 9.17) is 26.3 Å². The Labute approximate surface area is 199 Å². The molecule has 0 unspecified atom stereocenters. The second-order valence-electron chi connectivity index (χ2n) is 7.14. The van der Waals surface area contributed by atoms with Gasteiger partial charge in [-0.25, -0.2) is 13.8 Å². The van der Waals surface area contributed by atoms with Crippen molar-refractivity contribution in [3.63, 3.8) is 0 Å². The number of hydrogen-bond acceptors (Lipinski definition) is 6. The molecule has 1 aromatic heterocycles. The number of ether oxygens (including phenoxy) is 2. The van der Waals surface area contributed by atoms with Gasteiger partial charge in [-0.3, -0.25) is 14.2 Å². The number of carbonyl (C=O) groups excluding carboxylic acids is 1. The summed E-state index contributed by atoms with van der Waals surface area (Å²) in [5.41, 5.74) is -5.03. The van der Waals surface area contributed by atoms with E-state index in [0.717, 1.165) is 13.1 Å². The topological polar surface area (TPSA) is 103 Å². The van der Waals surface area contributed by atoms with Crippen molar-refractivity contribution in [2.75, 3.05) is 6.61 Å². The van der Waals surface area contributed by atoms with Crippen LogP contribution in [0.4, 0.5) is 17.6 Å².